The van der Waals surface area contributed by atoms with Crippen molar-refractivity contribution in [1.82, 2.24) is 5.43 Å². The molecule has 2 rings (SSSR count). The Labute approximate surface area is 93.2 Å². The number of hydrogen-bond donors (Lipinski definition) is 1. The highest BCUT2D eigenvalue weighted by Crippen LogP contribution is 2.28. The fraction of sp³-hybridized carbons (Fsp3) is 0.455. The fourth-order valence-corrected chi connectivity index (χ4v) is 2.07. The van der Waals surface area contributed by atoms with E-state index in [1.165, 1.54) is 4.88 Å². The van der Waals surface area contributed by atoms with Crippen LogP contribution >= 0.6 is 11.3 Å². The number of carbonyl (C=O) groups excluding carboxylic acids is 1. The molecule has 1 aromatic heterocycles. The number of aryl methyl sites for hydroxylation is 1. The van der Waals surface area contributed by atoms with E-state index in [4.69, 9.17) is 0 Å². The molecular formula is C11H14N2OS. The van der Waals surface area contributed by atoms with Crippen LogP contribution in [0.25, 0.3) is 0 Å². The van der Waals surface area contributed by atoms with Gasteiger partial charge >= 0.3 is 0 Å². The quantitative estimate of drug-likeness (QED) is 0.619. The molecule has 80 valence electrons. The maximum Gasteiger partial charge on any atom is 0.243 e. The summed E-state index contributed by atoms with van der Waals surface area (Å²) in [5.74, 6) is 0.272. The summed E-state index contributed by atoms with van der Waals surface area (Å²) in [6.07, 6.45) is 2.02. The molecule has 0 unspecified atom stereocenters. The van der Waals surface area contributed by atoms with Crippen LogP contribution in [0.1, 0.15) is 29.5 Å². The third-order valence-electron chi connectivity index (χ3n) is 2.38. The van der Waals surface area contributed by atoms with Crippen molar-refractivity contribution in [3.05, 3.63) is 21.9 Å². The van der Waals surface area contributed by atoms with Gasteiger partial charge < -0.3 is 0 Å². The average molecular weight is 222 g/mol. The van der Waals surface area contributed by atoms with Crippen LogP contribution in [0.2, 0.25) is 0 Å². The maximum absolute atomic E-state index is 11.3. The van der Waals surface area contributed by atoms with E-state index in [-0.39, 0.29) is 11.8 Å². The summed E-state index contributed by atoms with van der Waals surface area (Å²) in [7, 11) is 0. The number of carbonyl (C=O) groups is 1. The van der Waals surface area contributed by atoms with Crippen LogP contribution in [-0.4, -0.2) is 11.6 Å². The van der Waals surface area contributed by atoms with E-state index in [0.29, 0.717) is 0 Å². The average Bonchev–Trinajstić information content (AvgIpc) is 2.97. The molecule has 1 aliphatic rings. The molecule has 0 spiro atoms. The van der Waals surface area contributed by atoms with Gasteiger partial charge in [-0.1, -0.05) is 0 Å². The Balaban J connectivity index is 1.97. The predicted molar refractivity (Wildman–Crippen MR) is 62.1 cm³/mol. The van der Waals surface area contributed by atoms with Crippen molar-refractivity contribution in [1.29, 1.82) is 0 Å². The summed E-state index contributed by atoms with van der Waals surface area (Å²) in [6, 6.07) is 4.09. The van der Waals surface area contributed by atoms with Crippen LogP contribution in [-0.2, 0) is 4.79 Å². The predicted octanol–water partition coefficient (Wildman–Crippen LogP) is 2.31. The van der Waals surface area contributed by atoms with Gasteiger partial charge in [-0.3, -0.25) is 4.79 Å². The van der Waals surface area contributed by atoms with Gasteiger partial charge in [0.15, 0.2) is 0 Å². The van der Waals surface area contributed by atoms with Crippen molar-refractivity contribution in [2.75, 3.05) is 0 Å². The highest BCUT2D eigenvalue weighted by atomic mass is 32.1. The molecule has 0 radical (unpaired) electrons. The minimum absolute atomic E-state index is 0.0580. The van der Waals surface area contributed by atoms with Crippen LogP contribution in [0.5, 0.6) is 0 Å². The molecule has 0 aromatic carbocycles. The molecule has 1 aliphatic carbocycles. The summed E-state index contributed by atoms with van der Waals surface area (Å²) < 4.78 is 0. The Kier molecular flexibility index (Phi) is 2.86. The Hall–Kier alpha value is -1.16. The van der Waals surface area contributed by atoms with E-state index in [9.17, 15) is 4.79 Å². The van der Waals surface area contributed by atoms with Gasteiger partial charge in [-0.15, -0.1) is 11.3 Å². The largest absolute Gasteiger partial charge is 0.273 e. The molecule has 1 N–H and O–H groups in total. The van der Waals surface area contributed by atoms with Crippen molar-refractivity contribution < 1.29 is 4.79 Å². The van der Waals surface area contributed by atoms with E-state index >= 15 is 0 Å². The van der Waals surface area contributed by atoms with Crippen LogP contribution < -0.4 is 5.43 Å². The molecule has 15 heavy (non-hydrogen) atoms. The van der Waals surface area contributed by atoms with E-state index < -0.39 is 0 Å². The third-order valence-corrected chi connectivity index (χ3v) is 3.49. The van der Waals surface area contributed by atoms with Crippen LogP contribution in [0.4, 0.5) is 0 Å². The highest BCUT2D eigenvalue weighted by molar-refractivity contribution is 7.14. The molecule has 1 saturated carbocycles. The van der Waals surface area contributed by atoms with Crippen molar-refractivity contribution in [3.8, 4) is 0 Å². The van der Waals surface area contributed by atoms with Gasteiger partial charge in [0, 0.05) is 10.8 Å². The number of rotatable bonds is 3. The van der Waals surface area contributed by atoms with Gasteiger partial charge in [0.1, 0.15) is 0 Å². The minimum atomic E-state index is 0.0580. The summed E-state index contributed by atoms with van der Waals surface area (Å²) in [5, 5.41) is 4.10. The van der Waals surface area contributed by atoms with Gasteiger partial charge in [0.2, 0.25) is 5.91 Å². The maximum atomic E-state index is 11.3. The Morgan fingerprint density at radius 3 is 2.80 bits per heavy atom. The van der Waals surface area contributed by atoms with Gasteiger partial charge in [-0.25, -0.2) is 5.43 Å². The first kappa shape index (κ1) is 10.4. The number of hydrazone groups is 1. The lowest BCUT2D eigenvalue weighted by molar-refractivity contribution is -0.122. The second-order valence-electron chi connectivity index (χ2n) is 3.86. The number of amides is 1. The lowest BCUT2D eigenvalue weighted by Gasteiger charge is -1.98. The SMILES string of the molecule is CC(=NNC(=O)C1CC1)c1ccc(C)s1. The first-order chi connectivity index (χ1) is 7.16. The zero-order valence-electron chi connectivity index (χ0n) is 8.91. The molecule has 1 fully saturated rings. The van der Waals surface area contributed by atoms with E-state index in [1.54, 1.807) is 11.3 Å². The zero-order valence-corrected chi connectivity index (χ0v) is 9.73. The summed E-state index contributed by atoms with van der Waals surface area (Å²) in [5.41, 5.74) is 3.48. The Bertz CT molecular complexity index is 404. The molecule has 0 atom stereocenters. The molecule has 4 heteroatoms. The second-order valence-corrected chi connectivity index (χ2v) is 5.15. The number of nitrogens with one attached hydrogen (secondary N) is 1. The molecule has 0 saturated heterocycles. The molecule has 1 heterocycles. The first-order valence-corrected chi connectivity index (χ1v) is 5.89. The molecule has 0 bridgehead atoms. The highest BCUT2D eigenvalue weighted by Gasteiger charge is 2.29. The van der Waals surface area contributed by atoms with Crippen LogP contribution in [0.3, 0.4) is 0 Å². The number of nitrogens with zero attached hydrogens (tertiary/aromatic N) is 1. The van der Waals surface area contributed by atoms with Gasteiger partial charge in [-0.05, 0) is 38.8 Å². The van der Waals surface area contributed by atoms with Gasteiger partial charge in [-0.2, -0.15) is 5.10 Å². The molecule has 1 amide bonds. The molecule has 3 nitrogen and oxygen atoms in total. The van der Waals surface area contributed by atoms with Crippen molar-refractivity contribution in [3.63, 3.8) is 0 Å². The topological polar surface area (TPSA) is 41.5 Å². The van der Waals surface area contributed by atoms with Crippen molar-refractivity contribution >= 4 is 23.0 Å². The van der Waals surface area contributed by atoms with Crippen molar-refractivity contribution in [2.45, 2.75) is 26.7 Å². The third kappa shape index (κ3) is 2.65. The lowest BCUT2D eigenvalue weighted by Crippen LogP contribution is -2.20. The van der Waals surface area contributed by atoms with E-state index in [1.807, 2.05) is 13.0 Å². The Morgan fingerprint density at radius 2 is 2.27 bits per heavy atom. The van der Waals surface area contributed by atoms with Crippen molar-refractivity contribution in [2.24, 2.45) is 11.0 Å². The normalized spacial score (nSPS) is 16.5. The molecular weight excluding hydrogens is 208 g/mol. The smallest absolute Gasteiger partial charge is 0.243 e. The number of thiophene rings is 1. The van der Waals surface area contributed by atoms with E-state index in [0.717, 1.165) is 23.4 Å². The fourth-order valence-electron chi connectivity index (χ4n) is 1.26. The first-order valence-electron chi connectivity index (χ1n) is 5.08. The zero-order chi connectivity index (χ0) is 10.8. The molecule has 1 aromatic rings. The van der Waals surface area contributed by atoms with Crippen LogP contribution in [0, 0.1) is 12.8 Å². The Morgan fingerprint density at radius 1 is 1.53 bits per heavy atom. The van der Waals surface area contributed by atoms with Crippen LogP contribution in [0.15, 0.2) is 17.2 Å². The summed E-state index contributed by atoms with van der Waals surface area (Å²) >= 11 is 1.69. The van der Waals surface area contributed by atoms with Gasteiger partial charge in [0.25, 0.3) is 0 Å². The summed E-state index contributed by atoms with van der Waals surface area (Å²) in [6.45, 7) is 3.97. The number of hydrogen-bond acceptors (Lipinski definition) is 3. The molecule has 0 aliphatic heterocycles. The standard InChI is InChI=1S/C11H14N2OS/c1-7-3-6-10(15-7)8(2)12-13-11(14)9-4-5-9/h3,6,9H,4-5H2,1-2H3,(H,13,14). The lowest BCUT2D eigenvalue weighted by atomic mass is 10.3. The monoisotopic (exact) mass is 222 g/mol. The summed E-state index contributed by atoms with van der Waals surface area (Å²) in [4.78, 5) is 13.7. The van der Waals surface area contributed by atoms with E-state index in [2.05, 4.69) is 23.5 Å². The minimum Gasteiger partial charge on any atom is -0.273 e. The second kappa shape index (κ2) is 4.14. The van der Waals surface area contributed by atoms with Gasteiger partial charge in [0.05, 0.1) is 10.6 Å².